The van der Waals surface area contributed by atoms with Crippen LogP contribution in [0.15, 0.2) is 67.9 Å². The summed E-state index contributed by atoms with van der Waals surface area (Å²) in [6.45, 7) is 0.358. The van der Waals surface area contributed by atoms with Gasteiger partial charge in [-0.05, 0) is 49.1 Å². The average Bonchev–Trinajstić information content (AvgIpc) is 2.88. The zero-order chi connectivity index (χ0) is 27.4. The number of rotatable bonds is 7. The summed E-state index contributed by atoms with van der Waals surface area (Å²) < 4.78 is 62.4. The van der Waals surface area contributed by atoms with E-state index in [4.69, 9.17) is 9.57 Å². The van der Waals surface area contributed by atoms with Crippen LogP contribution in [0, 0.1) is 5.82 Å². The van der Waals surface area contributed by atoms with Crippen LogP contribution in [0.1, 0.15) is 30.4 Å². The molecule has 8 nitrogen and oxygen atoms in total. The Morgan fingerprint density at radius 2 is 1.92 bits per heavy atom. The lowest BCUT2D eigenvalue weighted by molar-refractivity contribution is -0.0964. The molecule has 202 valence electrons. The van der Waals surface area contributed by atoms with E-state index >= 15 is 0 Å². The second-order valence-corrected chi connectivity index (χ2v) is 8.71. The van der Waals surface area contributed by atoms with Crippen LogP contribution in [-0.4, -0.2) is 34.9 Å². The minimum absolute atomic E-state index is 0.00271. The SMILES string of the molecule is CNOCCCn1c(=O)c2c(n(C)c1=O)N=C(OC1=C(C(F)(F)F)CCC=C1)/C(=C\c1ccc(F)cc1)C2. The molecule has 38 heavy (non-hydrogen) atoms. The third-order valence-corrected chi connectivity index (χ3v) is 6.12. The molecule has 1 aliphatic carbocycles. The van der Waals surface area contributed by atoms with Crippen molar-refractivity contribution in [2.45, 2.75) is 38.4 Å². The minimum atomic E-state index is -4.61. The van der Waals surface area contributed by atoms with Gasteiger partial charge in [-0.25, -0.2) is 14.7 Å². The van der Waals surface area contributed by atoms with Crippen molar-refractivity contribution in [1.29, 1.82) is 0 Å². The fourth-order valence-corrected chi connectivity index (χ4v) is 4.23. The Hall–Kier alpha value is -3.77. The first kappa shape index (κ1) is 27.3. The zero-order valence-corrected chi connectivity index (χ0v) is 20.8. The van der Waals surface area contributed by atoms with Crippen LogP contribution < -0.4 is 16.7 Å². The lowest BCUT2D eigenvalue weighted by Crippen LogP contribution is -2.42. The highest BCUT2D eigenvalue weighted by Gasteiger charge is 2.38. The molecular weight excluding hydrogens is 508 g/mol. The standard InChI is InChI=1S/C26H26F4N4O4/c1-31-37-13-5-12-34-24(35)19-15-17(14-16-8-10-18(27)11-9-16)23(32-22(19)33(2)25(34)36)38-21-7-4-3-6-20(21)26(28,29)30/h4,7-11,14,31H,3,5-6,12-13,15H2,1-2H3/b17-14-. The molecule has 0 atom stereocenters. The van der Waals surface area contributed by atoms with Crippen LogP contribution in [0.2, 0.25) is 0 Å². The molecule has 0 unspecified atom stereocenters. The second-order valence-electron chi connectivity index (χ2n) is 8.71. The van der Waals surface area contributed by atoms with Gasteiger partial charge in [-0.1, -0.05) is 18.2 Å². The number of aromatic nitrogens is 2. The fraction of sp³-hybridized carbons (Fsp3) is 0.346. The van der Waals surface area contributed by atoms with Gasteiger partial charge >= 0.3 is 11.9 Å². The fourth-order valence-electron chi connectivity index (χ4n) is 4.23. The number of nitrogens with one attached hydrogen (secondary N) is 1. The van der Waals surface area contributed by atoms with Crippen molar-refractivity contribution in [1.82, 2.24) is 14.6 Å². The molecule has 1 N–H and O–H groups in total. The Kier molecular flexibility index (Phi) is 8.12. The second kappa shape index (κ2) is 11.3. The van der Waals surface area contributed by atoms with E-state index in [0.29, 0.717) is 17.6 Å². The Labute approximate surface area is 215 Å². The summed E-state index contributed by atoms with van der Waals surface area (Å²) in [5, 5.41) is 0. The Morgan fingerprint density at radius 3 is 2.61 bits per heavy atom. The molecule has 2 heterocycles. The smallest absolute Gasteiger partial charge is 0.416 e. The summed E-state index contributed by atoms with van der Waals surface area (Å²) in [4.78, 5) is 35.7. The Bertz CT molecular complexity index is 1450. The number of hydrogen-bond acceptors (Lipinski definition) is 6. The number of hydrogen-bond donors (Lipinski definition) is 1. The summed E-state index contributed by atoms with van der Waals surface area (Å²) in [6.07, 6.45) is 0.0407. The van der Waals surface area contributed by atoms with Crippen LogP contribution in [0.3, 0.4) is 0 Å². The summed E-state index contributed by atoms with van der Waals surface area (Å²) >= 11 is 0. The topological polar surface area (TPSA) is 86.8 Å². The molecule has 4 rings (SSSR count). The van der Waals surface area contributed by atoms with E-state index in [1.54, 1.807) is 19.2 Å². The van der Waals surface area contributed by atoms with Crippen LogP contribution in [0.25, 0.3) is 6.08 Å². The molecule has 0 saturated heterocycles. The number of hydroxylamine groups is 1. The number of benzene rings is 1. The lowest BCUT2D eigenvalue weighted by Gasteiger charge is -2.24. The van der Waals surface area contributed by atoms with E-state index < -0.39 is 34.6 Å². The monoisotopic (exact) mass is 534 g/mol. The molecule has 0 amide bonds. The first-order chi connectivity index (χ1) is 18.1. The highest BCUT2D eigenvalue weighted by atomic mass is 19.4. The van der Waals surface area contributed by atoms with Gasteiger partial charge in [0.15, 0.2) is 0 Å². The van der Waals surface area contributed by atoms with Crippen molar-refractivity contribution in [3.63, 3.8) is 0 Å². The number of allylic oxidation sites excluding steroid dienone is 3. The number of fused-ring (bicyclic) bond motifs is 1. The van der Waals surface area contributed by atoms with E-state index in [-0.39, 0.29) is 49.7 Å². The summed E-state index contributed by atoms with van der Waals surface area (Å²) in [6, 6.07) is 5.44. The van der Waals surface area contributed by atoms with E-state index in [1.807, 2.05) is 0 Å². The Morgan fingerprint density at radius 1 is 1.18 bits per heavy atom. The molecule has 1 aliphatic heterocycles. The molecule has 2 aliphatic rings. The van der Waals surface area contributed by atoms with Gasteiger partial charge in [0.05, 0.1) is 17.7 Å². The van der Waals surface area contributed by atoms with Gasteiger partial charge < -0.3 is 9.57 Å². The molecule has 0 bridgehead atoms. The number of aliphatic imine (C=N–C) groups is 1. The maximum absolute atomic E-state index is 13.7. The number of alkyl halides is 3. The van der Waals surface area contributed by atoms with E-state index in [2.05, 4.69) is 10.5 Å². The summed E-state index contributed by atoms with van der Waals surface area (Å²) in [5.41, 5.74) is 1.52. The van der Waals surface area contributed by atoms with Crippen molar-refractivity contribution in [2.75, 3.05) is 13.7 Å². The summed E-state index contributed by atoms with van der Waals surface area (Å²) in [7, 11) is 3.02. The van der Waals surface area contributed by atoms with Crippen molar-refractivity contribution >= 4 is 17.8 Å². The molecule has 1 aromatic carbocycles. The molecule has 0 saturated carbocycles. The van der Waals surface area contributed by atoms with E-state index in [9.17, 15) is 27.2 Å². The maximum Gasteiger partial charge on any atom is 0.416 e. The van der Waals surface area contributed by atoms with Crippen LogP contribution in [-0.2, 0) is 29.6 Å². The van der Waals surface area contributed by atoms with Gasteiger partial charge in [-0.3, -0.25) is 13.9 Å². The van der Waals surface area contributed by atoms with Gasteiger partial charge in [0.2, 0.25) is 5.90 Å². The summed E-state index contributed by atoms with van der Waals surface area (Å²) in [5.74, 6) is -1.04. The minimum Gasteiger partial charge on any atom is -0.438 e. The normalized spacial score (nSPS) is 16.6. The quantitative estimate of drug-likeness (QED) is 0.329. The maximum atomic E-state index is 13.7. The predicted molar refractivity (Wildman–Crippen MR) is 133 cm³/mol. The highest BCUT2D eigenvalue weighted by molar-refractivity contribution is 6.02. The van der Waals surface area contributed by atoms with Crippen molar-refractivity contribution in [3.8, 4) is 0 Å². The third kappa shape index (κ3) is 5.86. The third-order valence-electron chi connectivity index (χ3n) is 6.12. The molecule has 0 fully saturated rings. The number of nitrogens with zero attached hydrogens (tertiary/aromatic N) is 3. The predicted octanol–water partition coefficient (Wildman–Crippen LogP) is 4.08. The van der Waals surface area contributed by atoms with Gasteiger partial charge in [0.1, 0.15) is 17.4 Å². The zero-order valence-electron chi connectivity index (χ0n) is 20.8. The van der Waals surface area contributed by atoms with Crippen LogP contribution in [0.5, 0.6) is 0 Å². The van der Waals surface area contributed by atoms with Gasteiger partial charge in [0, 0.05) is 32.6 Å². The van der Waals surface area contributed by atoms with E-state index in [0.717, 1.165) is 4.57 Å². The van der Waals surface area contributed by atoms with Gasteiger partial charge in [0.25, 0.3) is 5.56 Å². The largest absolute Gasteiger partial charge is 0.438 e. The van der Waals surface area contributed by atoms with Crippen molar-refractivity contribution < 1.29 is 27.1 Å². The number of ether oxygens (including phenoxy) is 1. The van der Waals surface area contributed by atoms with Crippen LogP contribution in [0.4, 0.5) is 23.4 Å². The molecular formula is C26H26F4N4O4. The molecule has 0 radical (unpaired) electrons. The van der Waals surface area contributed by atoms with Crippen molar-refractivity contribution in [3.05, 3.63) is 91.1 Å². The number of halogens is 4. The highest BCUT2D eigenvalue weighted by Crippen LogP contribution is 2.36. The molecule has 1 aromatic heterocycles. The molecule has 2 aromatic rings. The Balaban J connectivity index is 1.83. The molecule has 0 spiro atoms. The average molecular weight is 535 g/mol. The first-order valence-electron chi connectivity index (χ1n) is 11.9. The molecule has 12 heteroatoms. The van der Waals surface area contributed by atoms with Crippen molar-refractivity contribution in [2.24, 2.45) is 12.0 Å². The van der Waals surface area contributed by atoms with Crippen LogP contribution >= 0.6 is 0 Å². The van der Waals surface area contributed by atoms with E-state index in [1.165, 1.54) is 42.0 Å². The van der Waals surface area contributed by atoms with Gasteiger partial charge in [-0.2, -0.15) is 18.2 Å². The lowest BCUT2D eigenvalue weighted by atomic mass is 10.00. The first-order valence-corrected chi connectivity index (χ1v) is 11.9. The van der Waals surface area contributed by atoms with Gasteiger partial charge in [-0.15, -0.1) is 0 Å².